The van der Waals surface area contributed by atoms with Gasteiger partial charge in [-0.1, -0.05) is 50.8 Å². The Kier molecular flexibility index (Phi) is 7.89. The first-order valence-corrected chi connectivity index (χ1v) is 13.2. The molecular weight excluding hydrogens is 486 g/mol. The summed E-state index contributed by atoms with van der Waals surface area (Å²) in [6.45, 7) is 8.85. The Balaban J connectivity index is 1.91. The van der Waals surface area contributed by atoms with Crippen molar-refractivity contribution in [1.82, 2.24) is 5.32 Å². The Morgan fingerprint density at radius 2 is 1.97 bits per heavy atom. The van der Waals surface area contributed by atoms with E-state index in [0.717, 1.165) is 5.56 Å². The largest absolute Gasteiger partial charge is 0.508 e. The molecule has 5 N–H and O–H groups in total. The number of ether oxygens (including phenoxy) is 1. The predicted octanol–water partition coefficient (Wildman–Crippen LogP) is 2.42. The van der Waals surface area contributed by atoms with Crippen molar-refractivity contribution >= 4 is 11.9 Å². The summed E-state index contributed by atoms with van der Waals surface area (Å²) in [7, 11) is 0. The van der Waals surface area contributed by atoms with Gasteiger partial charge in [-0.2, -0.15) is 0 Å². The lowest BCUT2D eigenvalue weighted by molar-refractivity contribution is -0.166. The van der Waals surface area contributed by atoms with Gasteiger partial charge in [0.2, 0.25) is 5.91 Å². The van der Waals surface area contributed by atoms with Gasteiger partial charge in [0.15, 0.2) is 0 Å². The highest BCUT2D eigenvalue weighted by Crippen LogP contribution is 2.58. The van der Waals surface area contributed by atoms with Crippen LogP contribution >= 0.6 is 0 Å². The minimum atomic E-state index is -1.38. The molecule has 1 heterocycles. The number of nitrogens with one attached hydrogen (secondary N) is 1. The molecule has 0 aromatic heterocycles. The number of carbonyl (C=O) groups excluding carboxylic acids is 2. The van der Waals surface area contributed by atoms with Gasteiger partial charge in [0, 0.05) is 24.8 Å². The number of phenolic OH excluding ortho intramolecular Hbond substituents is 1. The second kappa shape index (κ2) is 10.7. The lowest BCUT2D eigenvalue weighted by atomic mass is 9.51. The van der Waals surface area contributed by atoms with Crippen molar-refractivity contribution in [2.75, 3.05) is 6.61 Å². The lowest BCUT2D eigenvalue weighted by Gasteiger charge is -2.52. The van der Waals surface area contributed by atoms with Crippen molar-refractivity contribution in [2.24, 2.45) is 29.1 Å². The number of hydrogen-bond donors (Lipinski definition) is 5. The molecule has 0 bridgehead atoms. The third-order valence-corrected chi connectivity index (χ3v) is 8.67. The average molecular weight is 526 g/mol. The lowest BCUT2D eigenvalue weighted by Crippen LogP contribution is -2.60. The minimum Gasteiger partial charge on any atom is -0.508 e. The van der Waals surface area contributed by atoms with Gasteiger partial charge >= 0.3 is 5.97 Å². The summed E-state index contributed by atoms with van der Waals surface area (Å²) in [5.74, 6) is -2.49. The fraction of sp³-hybridized carbons (Fsp3) is 0.533. The number of benzene rings is 1. The van der Waals surface area contributed by atoms with Gasteiger partial charge in [-0.05, 0) is 60.4 Å². The summed E-state index contributed by atoms with van der Waals surface area (Å²) in [5, 5.41) is 45.6. The second-order valence-corrected chi connectivity index (χ2v) is 11.4. The van der Waals surface area contributed by atoms with E-state index in [0.29, 0.717) is 12.0 Å². The van der Waals surface area contributed by atoms with E-state index < -0.39 is 47.6 Å². The summed E-state index contributed by atoms with van der Waals surface area (Å²) in [6, 6.07) is 6.48. The van der Waals surface area contributed by atoms with Crippen molar-refractivity contribution in [2.45, 2.75) is 63.9 Å². The maximum atomic E-state index is 14.2. The number of amides is 1. The molecular formula is C30H39NO7. The van der Waals surface area contributed by atoms with Crippen LogP contribution in [0.3, 0.4) is 0 Å². The molecule has 4 rings (SSSR count). The van der Waals surface area contributed by atoms with Crippen LogP contribution in [0.25, 0.3) is 0 Å². The first-order chi connectivity index (χ1) is 17.9. The van der Waals surface area contributed by atoms with E-state index in [1.165, 1.54) is 6.92 Å². The van der Waals surface area contributed by atoms with Crippen molar-refractivity contribution in [1.29, 1.82) is 0 Å². The Morgan fingerprint density at radius 1 is 1.24 bits per heavy atom. The van der Waals surface area contributed by atoms with Crippen LogP contribution < -0.4 is 5.32 Å². The minimum absolute atomic E-state index is 0.125. The number of aliphatic hydroxyl groups excluding tert-OH is 2. The summed E-state index contributed by atoms with van der Waals surface area (Å²) in [6.07, 6.45) is 5.63. The molecule has 0 unspecified atom stereocenters. The molecule has 8 heteroatoms. The zero-order valence-corrected chi connectivity index (χ0v) is 22.2. The van der Waals surface area contributed by atoms with Crippen LogP contribution in [0.4, 0.5) is 0 Å². The molecule has 0 radical (unpaired) electrons. The highest BCUT2D eigenvalue weighted by atomic mass is 16.5. The van der Waals surface area contributed by atoms with Gasteiger partial charge in [-0.15, -0.1) is 0 Å². The zero-order chi connectivity index (χ0) is 27.8. The number of rotatable bonds is 4. The van der Waals surface area contributed by atoms with Gasteiger partial charge in [0.25, 0.3) is 0 Å². The monoisotopic (exact) mass is 525 g/mol. The van der Waals surface area contributed by atoms with E-state index in [9.17, 15) is 30.0 Å². The zero-order valence-electron chi connectivity index (χ0n) is 22.2. The van der Waals surface area contributed by atoms with Crippen LogP contribution in [-0.2, 0) is 20.7 Å². The van der Waals surface area contributed by atoms with E-state index >= 15 is 0 Å². The fourth-order valence-corrected chi connectivity index (χ4v) is 6.96. The molecule has 1 saturated heterocycles. The third kappa shape index (κ3) is 4.93. The Morgan fingerprint density at radius 3 is 2.63 bits per heavy atom. The normalized spacial score (nSPS) is 40.7. The molecule has 1 amide bonds. The number of carbonyl (C=O) groups is 2. The van der Waals surface area contributed by atoms with Crippen LogP contribution in [0.5, 0.6) is 5.75 Å². The van der Waals surface area contributed by atoms with Crippen LogP contribution in [0.1, 0.15) is 39.2 Å². The summed E-state index contributed by atoms with van der Waals surface area (Å²) in [4.78, 5) is 26.6. The molecule has 1 aliphatic heterocycles. The van der Waals surface area contributed by atoms with Crippen molar-refractivity contribution in [3.63, 3.8) is 0 Å². The van der Waals surface area contributed by atoms with Crippen molar-refractivity contribution in [3.8, 4) is 5.75 Å². The van der Waals surface area contributed by atoms with E-state index in [-0.39, 0.29) is 42.4 Å². The van der Waals surface area contributed by atoms with Gasteiger partial charge in [-0.3, -0.25) is 9.59 Å². The number of hydrogen-bond acceptors (Lipinski definition) is 7. The van der Waals surface area contributed by atoms with Crippen LogP contribution in [0, 0.1) is 29.1 Å². The number of aliphatic hydroxyl groups is 3. The number of phenols is 1. The Bertz CT molecular complexity index is 1150. The number of esters is 1. The molecule has 1 aromatic rings. The summed E-state index contributed by atoms with van der Waals surface area (Å²) < 4.78 is 5.87. The smallest absolute Gasteiger partial charge is 0.303 e. The number of aromatic hydroxyl groups is 1. The van der Waals surface area contributed by atoms with E-state index in [2.05, 4.69) is 11.9 Å². The molecule has 1 spiro atoms. The Labute approximate surface area is 223 Å². The van der Waals surface area contributed by atoms with Crippen LogP contribution in [-0.4, -0.2) is 62.8 Å². The maximum Gasteiger partial charge on any atom is 0.303 e. The molecule has 38 heavy (non-hydrogen) atoms. The quantitative estimate of drug-likeness (QED) is 0.301. The predicted molar refractivity (Wildman–Crippen MR) is 142 cm³/mol. The molecule has 1 saturated carbocycles. The van der Waals surface area contributed by atoms with Crippen molar-refractivity contribution < 1.29 is 34.8 Å². The van der Waals surface area contributed by atoms with Gasteiger partial charge in [0.1, 0.15) is 17.3 Å². The maximum absolute atomic E-state index is 14.2. The van der Waals surface area contributed by atoms with Gasteiger partial charge in [-0.25, -0.2) is 0 Å². The first-order valence-electron chi connectivity index (χ1n) is 13.2. The molecule has 3 aliphatic rings. The van der Waals surface area contributed by atoms with Crippen LogP contribution in [0.15, 0.2) is 60.7 Å². The molecule has 1 aromatic carbocycles. The SMILES string of the molecule is C=C1[C@@H](C)[C@H]2[C@H](Cc3cccc(O)c3)NC(=O)[C@]23[C@H](OC(C)=O)/C=C/[C@@H](C)C[C@@](O)(CO)C/C=C/[C@H]3[C@@H]1O. The van der Waals surface area contributed by atoms with E-state index in [1.54, 1.807) is 42.5 Å². The molecule has 2 aliphatic carbocycles. The highest BCUT2D eigenvalue weighted by Gasteiger charge is 2.68. The first kappa shape index (κ1) is 28.1. The van der Waals surface area contributed by atoms with Crippen molar-refractivity contribution in [3.05, 3.63) is 66.3 Å². The topological polar surface area (TPSA) is 136 Å². The number of allylic oxidation sites excluding steroid dienone is 1. The molecule has 9 atom stereocenters. The third-order valence-electron chi connectivity index (χ3n) is 8.67. The van der Waals surface area contributed by atoms with E-state index in [4.69, 9.17) is 4.74 Å². The van der Waals surface area contributed by atoms with Gasteiger partial charge < -0.3 is 30.5 Å². The molecule has 8 nitrogen and oxygen atoms in total. The average Bonchev–Trinajstić information content (AvgIpc) is 3.13. The van der Waals surface area contributed by atoms with E-state index in [1.807, 2.05) is 19.9 Å². The molecule has 206 valence electrons. The standard InChI is InChI=1S/C30H39NO7/c1-17-10-11-25(38-20(4)33)30-23(9-6-12-29(37,15-17)16-32)27(35)19(3)18(2)26(30)24(31-28(30)36)14-21-7-5-8-22(34)13-21/h5-11,13,17-18,23-27,32,34-35,37H,3,12,14-16H2,1-2,4H3,(H,31,36)/b9-6+,11-10+/t17-,18-,23+,24+,25-,26+,27-,29-,30-/m1/s1. The summed E-state index contributed by atoms with van der Waals surface area (Å²) in [5.41, 5.74) is -1.33. The highest BCUT2D eigenvalue weighted by molar-refractivity contribution is 5.89. The summed E-state index contributed by atoms with van der Waals surface area (Å²) >= 11 is 0. The Hall–Kier alpha value is -2.94. The van der Waals surface area contributed by atoms with Gasteiger partial charge in [0.05, 0.1) is 18.3 Å². The molecule has 2 fully saturated rings. The fourth-order valence-electron chi connectivity index (χ4n) is 6.96. The van der Waals surface area contributed by atoms with Crippen LogP contribution in [0.2, 0.25) is 0 Å². The second-order valence-electron chi connectivity index (χ2n) is 11.4.